The maximum absolute atomic E-state index is 14.2. The standard InChI is InChI=1S/C28H33Cl2N7O2/c1-4-23(18-5-7-19(8-6-18)26(38)31-15-24-33-35-36-34-24)37-27(39)25(20-10-21(29)12-22(30)11-20)32-28(37)13-16(2)9-17(3)14-28/h5-8,10-12,16-17,23,35-36H,4,9,13-15H2,1-3H3,(H,31,38)(H,33,34)/t16?,17?,23-,28?/m1/s1. The van der Waals surface area contributed by atoms with Crippen molar-refractivity contribution in [3.8, 4) is 0 Å². The van der Waals surface area contributed by atoms with E-state index in [1.165, 1.54) is 0 Å². The summed E-state index contributed by atoms with van der Waals surface area (Å²) in [5, 5.41) is 7.73. The molecule has 2 unspecified atom stereocenters. The van der Waals surface area contributed by atoms with Crippen LogP contribution in [0.5, 0.6) is 0 Å². The fourth-order valence-electron chi connectivity index (χ4n) is 6.26. The van der Waals surface area contributed by atoms with Gasteiger partial charge in [0.25, 0.3) is 11.8 Å². The summed E-state index contributed by atoms with van der Waals surface area (Å²) in [7, 11) is 0. The van der Waals surface area contributed by atoms with E-state index in [0.717, 1.165) is 24.8 Å². The minimum atomic E-state index is -0.647. The molecule has 0 saturated heterocycles. The zero-order valence-electron chi connectivity index (χ0n) is 22.2. The Morgan fingerprint density at radius 3 is 2.38 bits per heavy atom. The second-order valence-corrected chi connectivity index (χ2v) is 11.7. The first kappa shape index (κ1) is 27.4. The Kier molecular flexibility index (Phi) is 7.84. The van der Waals surface area contributed by atoms with E-state index >= 15 is 0 Å². The molecule has 0 aromatic heterocycles. The molecule has 3 atom stereocenters. The molecule has 0 radical (unpaired) electrons. The van der Waals surface area contributed by atoms with Crippen molar-refractivity contribution in [1.82, 2.24) is 26.7 Å². The van der Waals surface area contributed by atoms with Crippen molar-refractivity contribution in [3.63, 3.8) is 0 Å². The van der Waals surface area contributed by atoms with Gasteiger partial charge in [0, 0.05) is 21.2 Å². The largest absolute Gasteiger partial charge is 0.345 e. The van der Waals surface area contributed by atoms with Crippen molar-refractivity contribution in [2.24, 2.45) is 21.9 Å². The highest BCUT2D eigenvalue weighted by Crippen LogP contribution is 2.48. The zero-order valence-corrected chi connectivity index (χ0v) is 23.7. The molecule has 2 heterocycles. The van der Waals surface area contributed by atoms with Crippen LogP contribution in [-0.4, -0.2) is 40.5 Å². The van der Waals surface area contributed by atoms with Crippen molar-refractivity contribution in [3.05, 3.63) is 69.2 Å². The van der Waals surface area contributed by atoms with E-state index in [9.17, 15) is 9.59 Å². The molecule has 206 valence electrons. The molecule has 1 spiro atoms. The number of amides is 2. The molecule has 1 aliphatic carbocycles. The van der Waals surface area contributed by atoms with Crippen LogP contribution < -0.4 is 21.8 Å². The van der Waals surface area contributed by atoms with Crippen LogP contribution in [0.1, 0.15) is 74.0 Å². The maximum atomic E-state index is 14.2. The minimum absolute atomic E-state index is 0.115. The summed E-state index contributed by atoms with van der Waals surface area (Å²) in [4.78, 5) is 34.1. The Bertz CT molecular complexity index is 1300. The summed E-state index contributed by atoms with van der Waals surface area (Å²) in [6.45, 7) is 6.80. The third kappa shape index (κ3) is 5.62. The number of nitrogens with zero attached hydrogens (tertiary/aromatic N) is 3. The molecule has 0 bridgehead atoms. The molecule has 11 heteroatoms. The van der Waals surface area contributed by atoms with Gasteiger partial charge < -0.3 is 10.2 Å². The number of nitrogens with one attached hydrogen (secondary N) is 4. The fraction of sp³-hybridized carbons (Fsp3) is 0.429. The SMILES string of the molecule is CC[C@H](c1ccc(C(=O)NCC2=NNNN2)cc1)N1C(=O)C(c2cc(Cl)cc(Cl)c2)=NC12CC(C)CC(C)C2. The van der Waals surface area contributed by atoms with Gasteiger partial charge in [-0.1, -0.05) is 56.1 Å². The van der Waals surface area contributed by atoms with Gasteiger partial charge in [0.2, 0.25) is 0 Å². The van der Waals surface area contributed by atoms with Crippen molar-refractivity contribution >= 4 is 46.6 Å². The van der Waals surface area contributed by atoms with E-state index < -0.39 is 5.66 Å². The number of hydrazone groups is 1. The molecule has 2 aromatic rings. The number of halogens is 2. The van der Waals surface area contributed by atoms with Gasteiger partial charge in [-0.05, 0) is 73.4 Å². The molecular weight excluding hydrogens is 537 g/mol. The molecule has 9 nitrogen and oxygen atoms in total. The van der Waals surface area contributed by atoms with Gasteiger partial charge in [-0.25, -0.2) is 5.53 Å². The van der Waals surface area contributed by atoms with Crippen LogP contribution in [-0.2, 0) is 4.79 Å². The van der Waals surface area contributed by atoms with Crippen LogP contribution in [0.25, 0.3) is 0 Å². The maximum Gasteiger partial charge on any atom is 0.275 e. The van der Waals surface area contributed by atoms with Crippen molar-refractivity contribution < 1.29 is 9.59 Å². The first-order chi connectivity index (χ1) is 18.7. The summed E-state index contributed by atoms with van der Waals surface area (Å²) in [5.41, 5.74) is 9.88. The van der Waals surface area contributed by atoms with Gasteiger partial charge in [-0.3, -0.25) is 20.0 Å². The lowest BCUT2D eigenvalue weighted by Gasteiger charge is -2.47. The summed E-state index contributed by atoms with van der Waals surface area (Å²) < 4.78 is 0. The Labute approximate surface area is 238 Å². The lowest BCUT2D eigenvalue weighted by atomic mass is 9.75. The highest BCUT2D eigenvalue weighted by atomic mass is 35.5. The molecule has 3 aliphatic rings. The molecule has 5 rings (SSSR count). The van der Waals surface area contributed by atoms with E-state index in [4.69, 9.17) is 28.2 Å². The Morgan fingerprint density at radius 1 is 1.13 bits per heavy atom. The van der Waals surface area contributed by atoms with Crippen LogP contribution in [0.15, 0.2) is 52.6 Å². The first-order valence-electron chi connectivity index (χ1n) is 13.3. The summed E-state index contributed by atoms with van der Waals surface area (Å²) in [6, 6.07) is 12.4. The van der Waals surface area contributed by atoms with E-state index in [2.05, 4.69) is 47.7 Å². The van der Waals surface area contributed by atoms with Gasteiger partial charge in [-0.15, -0.1) is 10.6 Å². The van der Waals surface area contributed by atoms with Gasteiger partial charge in [0.15, 0.2) is 5.84 Å². The van der Waals surface area contributed by atoms with E-state index in [1.54, 1.807) is 30.3 Å². The molecule has 39 heavy (non-hydrogen) atoms. The summed E-state index contributed by atoms with van der Waals surface area (Å²) in [5.74, 6) is 1.09. The number of rotatable bonds is 7. The summed E-state index contributed by atoms with van der Waals surface area (Å²) >= 11 is 12.6. The van der Waals surface area contributed by atoms with Crippen LogP contribution in [0, 0.1) is 11.8 Å². The Balaban J connectivity index is 1.45. The van der Waals surface area contributed by atoms with E-state index in [0.29, 0.717) is 51.0 Å². The number of carbonyl (C=O) groups excluding carboxylic acids is 2. The number of hydrogen-bond acceptors (Lipinski definition) is 7. The smallest absolute Gasteiger partial charge is 0.275 e. The van der Waals surface area contributed by atoms with E-state index in [1.807, 2.05) is 17.0 Å². The first-order valence-corrected chi connectivity index (χ1v) is 14.1. The van der Waals surface area contributed by atoms with Crippen LogP contribution in [0.3, 0.4) is 0 Å². The van der Waals surface area contributed by atoms with Crippen molar-refractivity contribution in [1.29, 1.82) is 0 Å². The second-order valence-electron chi connectivity index (χ2n) is 10.8. The highest BCUT2D eigenvalue weighted by Gasteiger charge is 2.53. The number of carbonyl (C=O) groups is 2. The van der Waals surface area contributed by atoms with Gasteiger partial charge in [0.05, 0.1) is 12.6 Å². The molecular formula is C28H33Cl2N7O2. The molecule has 4 N–H and O–H groups in total. The van der Waals surface area contributed by atoms with Crippen molar-refractivity contribution in [2.75, 3.05) is 6.54 Å². The molecule has 2 aromatic carbocycles. The zero-order chi connectivity index (χ0) is 27.7. The highest BCUT2D eigenvalue weighted by molar-refractivity contribution is 6.47. The number of hydrogen-bond donors (Lipinski definition) is 4. The third-order valence-electron chi connectivity index (χ3n) is 7.61. The topological polar surface area (TPSA) is 110 Å². The quantitative estimate of drug-likeness (QED) is 0.390. The van der Waals surface area contributed by atoms with Crippen LogP contribution in [0.4, 0.5) is 0 Å². The molecule has 1 saturated carbocycles. The van der Waals surface area contributed by atoms with E-state index in [-0.39, 0.29) is 24.4 Å². The molecule has 1 fully saturated rings. The number of amidine groups is 1. The number of hydrazine groups is 2. The fourth-order valence-corrected chi connectivity index (χ4v) is 6.79. The third-order valence-corrected chi connectivity index (χ3v) is 8.04. The van der Waals surface area contributed by atoms with Crippen molar-refractivity contribution in [2.45, 2.75) is 58.2 Å². The molecule has 2 aliphatic heterocycles. The average molecular weight is 571 g/mol. The van der Waals surface area contributed by atoms with Gasteiger partial charge >= 0.3 is 0 Å². The predicted molar refractivity (Wildman–Crippen MR) is 153 cm³/mol. The Hall–Kier alpha value is -3.14. The van der Waals surface area contributed by atoms with Crippen LogP contribution in [0.2, 0.25) is 10.0 Å². The van der Waals surface area contributed by atoms with Gasteiger partial charge in [-0.2, -0.15) is 0 Å². The molecule has 2 amide bonds. The lowest BCUT2D eigenvalue weighted by Crippen LogP contribution is -2.52. The Morgan fingerprint density at radius 2 is 1.79 bits per heavy atom. The van der Waals surface area contributed by atoms with Gasteiger partial charge in [0.1, 0.15) is 11.4 Å². The monoisotopic (exact) mass is 569 g/mol. The van der Waals surface area contributed by atoms with Crippen LogP contribution >= 0.6 is 23.2 Å². The lowest BCUT2D eigenvalue weighted by molar-refractivity contribution is -0.134. The number of benzene rings is 2. The average Bonchev–Trinajstić information content (AvgIpc) is 3.49. The number of aliphatic imine (C=N–C) groups is 1. The minimum Gasteiger partial charge on any atom is -0.345 e. The predicted octanol–water partition coefficient (Wildman–Crippen LogP) is 4.58. The second kappa shape index (κ2) is 11.2. The summed E-state index contributed by atoms with van der Waals surface area (Å²) in [6.07, 6.45) is 3.39. The normalized spacial score (nSPS) is 25.2.